The molecule has 3 aromatic rings. The van der Waals surface area contributed by atoms with E-state index in [1.165, 1.54) is 4.57 Å². The number of H-pyrrole nitrogens is 1. The number of benzene rings is 2. The molecular formula is C22H22N4O3S. The van der Waals surface area contributed by atoms with E-state index in [4.69, 9.17) is 18.0 Å². The number of carbonyl (C=O) groups is 2. The van der Waals surface area contributed by atoms with Gasteiger partial charge < -0.3 is 15.6 Å². The van der Waals surface area contributed by atoms with E-state index in [9.17, 15) is 14.4 Å². The fourth-order valence-electron chi connectivity index (χ4n) is 3.53. The number of fused-ring (bicyclic) bond motifs is 1. The first-order chi connectivity index (χ1) is 14.4. The minimum atomic E-state index is -0.478. The van der Waals surface area contributed by atoms with Crippen molar-refractivity contribution in [2.24, 2.45) is 5.73 Å². The summed E-state index contributed by atoms with van der Waals surface area (Å²) in [7, 11) is 0. The second-order valence-electron chi connectivity index (χ2n) is 7.50. The van der Waals surface area contributed by atoms with Crippen LogP contribution < -0.4 is 11.3 Å². The van der Waals surface area contributed by atoms with E-state index in [1.807, 2.05) is 23.1 Å². The molecule has 0 spiro atoms. The average Bonchev–Trinajstić information content (AvgIpc) is 3.57. The fourth-order valence-corrected chi connectivity index (χ4v) is 3.82. The maximum Gasteiger partial charge on any atom is 0.262 e. The normalized spacial score (nSPS) is 13.3. The molecule has 2 amide bonds. The summed E-state index contributed by atoms with van der Waals surface area (Å²) in [6.07, 6.45) is 2.13. The molecule has 8 heteroatoms. The third-order valence-corrected chi connectivity index (χ3v) is 5.66. The summed E-state index contributed by atoms with van der Waals surface area (Å²) in [6, 6.07) is 14.4. The lowest BCUT2D eigenvalue weighted by molar-refractivity contribution is -0.132. The van der Waals surface area contributed by atoms with Crippen molar-refractivity contribution in [3.63, 3.8) is 0 Å². The number of hydrogen-bond acceptors (Lipinski definition) is 4. The zero-order valence-electron chi connectivity index (χ0n) is 16.3. The Hall–Kier alpha value is -3.26. The van der Waals surface area contributed by atoms with Crippen LogP contribution in [0.2, 0.25) is 0 Å². The Bertz CT molecular complexity index is 1230. The lowest BCUT2D eigenvalue weighted by atomic mass is 10.1. The van der Waals surface area contributed by atoms with Crippen LogP contribution in [0.3, 0.4) is 0 Å². The van der Waals surface area contributed by atoms with Crippen molar-refractivity contribution in [2.45, 2.75) is 38.4 Å². The maximum atomic E-state index is 13.0. The van der Waals surface area contributed by atoms with Gasteiger partial charge in [-0.1, -0.05) is 24.3 Å². The summed E-state index contributed by atoms with van der Waals surface area (Å²) in [4.78, 5) is 41.9. The van der Waals surface area contributed by atoms with E-state index >= 15 is 0 Å². The van der Waals surface area contributed by atoms with Crippen LogP contribution in [0.1, 0.15) is 35.2 Å². The molecule has 0 radical (unpaired) electrons. The molecule has 1 saturated carbocycles. The van der Waals surface area contributed by atoms with E-state index in [2.05, 4.69) is 4.98 Å². The van der Waals surface area contributed by atoms with Crippen molar-refractivity contribution >= 4 is 34.9 Å². The third kappa shape index (κ3) is 4.18. The van der Waals surface area contributed by atoms with Crippen LogP contribution in [0.5, 0.6) is 0 Å². The molecule has 0 bridgehead atoms. The minimum absolute atomic E-state index is 0.0223. The zero-order valence-corrected chi connectivity index (χ0v) is 17.2. The Labute approximate surface area is 178 Å². The number of nitrogens with two attached hydrogens (primary N) is 1. The van der Waals surface area contributed by atoms with Gasteiger partial charge >= 0.3 is 0 Å². The molecule has 0 atom stereocenters. The number of amides is 2. The van der Waals surface area contributed by atoms with E-state index in [1.54, 1.807) is 30.3 Å². The molecule has 154 valence electrons. The van der Waals surface area contributed by atoms with Crippen molar-refractivity contribution in [3.05, 3.63) is 74.8 Å². The SMILES string of the molecule is NC(=O)c1ccc(CN(C(=O)CCn2c(=S)[nH]c3ccccc3c2=O)C2CC2)cc1. The molecule has 3 N–H and O–H groups in total. The number of carbonyl (C=O) groups excluding carboxylic acids is 2. The highest BCUT2D eigenvalue weighted by Gasteiger charge is 2.32. The maximum absolute atomic E-state index is 13.0. The Morgan fingerprint density at radius 3 is 2.50 bits per heavy atom. The molecule has 0 unspecified atom stereocenters. The third-order valence-electron chi connectivity index (χ3n) is 5.34. The van der Waals surface area contributed by atoms with Crippen LogP contribution in [0.4, 0.5) is 0 Å². The summed E-state index contributed by atoms with van der Waals surface area (Å²) in [5.74, 6) is -0.500. The van der Waals surface area contributed by atoms with Gasteiger partial charge in [0.2, 0.25) is 11.8 Å². The largest absolute Gasteiger partial charge is 0.366 e. The van der Waals surface area contributed by atoms with Crippen LogP contribution in [0.25, 0.3) is 10.9 Å². The molecule has 1 aliphatic carbocycles. The van der Waals surface area contributed by atoms with Gasteiger partial charge in [0.1, 0.15) is 0 Å². The Balaban J connectivity index is 1.49. The first kappa shape index (κ1) is 20.0. The van der Waals surface area contributed by atoms with Gasteiger partial charge in [0.25, 0.3) is 5.56 Å². The first-order valence-electron chi connectivity index (χ1n) is 9.84. The second kappa shape index (κ2) is 8.23. The van der Waals surface area contributed by atoms with E-state index in [0.717, 1.165) is 18.4 Å². The lowest BCUT2D eigenvalue weighted by Gasteiger charge is -2.23. The van der Waals surface area contributed by atoms with Crippen molar-refractivity contribution in [2.75, 3.05) is 0 Å². The second-order valence-corrected chi connectivity index (χ2v) is 7.88. The highest BCUT2D eigenvalue weighted by Crippen LogP contribution is 2.29. The summed E-state index contributed by atoms with van der Waals surface area (Å²) in [5.41, 5.74) is 7.15. The monoisotopic (exact) mass is 422 g/mol. The molecule has 7 nitrogen and oxygen atoms in total. The van der Waals surface area contributed by atoms with E-state index in [0.29, 0.717) is 27.8 Å². The van der Waals surface area contributed by atoms with Crippen molar-refractivity contribution in [1.29, 1.82) is 0 Å². The van der Waals surface area contributed by atoms with E-state index < -0.39 is 5.91 Å². The number of para-hydroxylation sites is 1. The zero-order chi connectivity index (χ0) is 21.3. The summed E-state index contributed by atoms with van der Waals surface area (Å²) < 4.78 is 1.76. The first-order valence-corrected chi connectivity index (χ1v) is 10.2. The number of aromatic amines is 1. The van der Waals surface area contributed by atoms with Crippen LogP contribution in [0.15, 0.2) is 53.3 Å². The highest BCUT2D eigenvalue weighted by molar-refractivity contribution is 7.71. The fraction of sp³-hybridized carbons (Fsp3) is 0.273. The van der Waals surface area contributed by atoms with Gasteiger partial charge in [0, 0.05) is 31.1 Å². The van der Waals surface area contributed by atoms with Crippen LogP contribution in [0, 0.1) is 4.77 Å². The summed E-state index contributed by atoms with van der Waals surface area (Å²) in [6.45, 7) is 0.684. The van der Waals surface area contributed by atoms with Gasteiger partial charge in [-0.3, -0.25) is 19.0 Å². The molecule has 4 rings (SSSR count). The van der Waals surface area contributed by atoms with E-state index in [-0.39, 0.29) is 30.5 Å². The van der Waals surface area contributed by atoms with Crippen LogP contribution in [-0.4, -0.2) is 32.3 Å². The van der Waals surface area contributed by atoms with Crippen LogP contribution >= 0.6 is 12.2 Å². The number of primary amides is 1. The van der Waals surface area contributed by atoms with Crippen molar-refractivity contribution in [3.8, 4) is 0 Å². The molecule has 0 aliphatic heterocycles. The average molecular weight is 423 g/mol. The van der Waals surface area contributed by atoms with Gasteiger partial charge in [-0.15, -0.1) is 0 Å². The molecule has 1 fully saturated rings. The molecule has 1 aromatic heterocycles. The standard InChI is InChI=1S/C22H22N4O3S/c23-20(28)15-7-5-14(6-8-15)13-26(16-9-10-16)19(27)11-12-25-21(29)17-3-1-2-4-18(17)24-22(25)30/h1-8,16H,9-13H2,(H2,23,28)(H,24,30). The van der Waals surface area contributed by atoms with Gasteiger partial charge in [0.15, 0.2) is 4.77 Å². The summed E-state index contributed by atoms with van der Waals surface area (Å²) in [5, 5.41) is 0.548. The Kier molecular flexibility index (Phi) is 5.50. The molecule has 1 aliphatic rings. The molecular weight excluding hydrogens is 400 g/mol. The molecule has 1 heterocycles. The number of aromatic nitrogens is 2. The number of nitrogens with one attached hydrogen (secondary N) is 1. The predicted molar refractivity (Wildman–Crippen MR) is 117 cm³/mol. The molecule has 0 saturated heterocycles. The molecule has 2 aromatic carbocycles. The smallest absolute Gasteiger partial charge is 0.262 e. The predicted octanol–water partition coefficient (Wildman–Crippen LogP) is 2.74. The minimum Gasteiger partial charge on any atom is -0.366 e. The van der Waals surface area contributed by atoms with Crippen molar-refractivity contribution in [1.82, 2.24) is 14.5 Å². The van der Waals surface area contributed by atoms with Gasteiger partial charge in [-0.25, -0.2) is 0 Å². The quantitative estimate of drug-likeness (QED) is 0.572. The topological polar surface area (TPSA) is 101 Å². The number of hydrogen-bond donors (Lipinski definition) is 2. The lowest BCUT2D eigenvalue weighted by Crippen LogP contribution is -2.34. The highest BCUT2D eigenvalue weighted by atomic mass is 32.1. The van der Waals surface area contributed by atoms with Gasteiger partial charge in [0.05, 0.1) is 10.9 Å². The molecule has 30 heavy (non-hydrogen) atoms. The van der Waals surface area contributed by atoms with Gasteiger partial charge in [-0.2, -0.15) is 0 Å². The number of rotatable bonds is 7. The Morgan fingerprint density at radius 1 is 1.13 bits per heavy atom. The van der Waals surface area contributed by atoms with Crippen LogP contribution in [-0.2, 0) is 17.9 Å². The Morgan fingerprint density at radius 2 is 1.83 bits per heavy atom. The van der Waals surface area contributed by atoms with Crippen molar-refractivity contribution < 1.29 is 9.59 Å². The van der Waals surface area contributed by atoms with Gasteiger partial charge in [-0.05, 0) is 54.9 Å². The number of nitrogens with zero attached hydrogens (tertiary/aromatic N) is 2. The summed E-state index contributed by atoms with van der Waals surface area (Å²) >= 11 is 5.33.